The highest BCUT2D eigenvalue weighted by Gasteiger charge is 2.25. The summed E-state index contributed by atoms with van der Waals surface area (Å²) >= 11 is 7.49. The van der Waals surface area contributed by atoms with Crippen LogP contribution in [-0.4, -0.2) is 31.4 Å². The lowest BCUT2D eigenvalue weighted by molar-refractivity contribution is 0.137. The van der Waals surface area contributed by atoms with E-state index >= 15 is 0 Å². The van der Waals surface area contributed by atoms with Gasteiger partial charge >= 0.3 is 0 Å². The van der Waals surface area contributed by atoms with Crippen molar-refractivity contribution >= 4 is 34.5 Å². The van der Waals surface area contributed by atoms with E-state index in [2.05, 4.69) is 15.0 Å². The number of H-pyrrole nitrogens is 1. The maximum absolute atomic E-state index is 9.95. The Kier molecular flexibility index (Phi) is 3.46. The van der Waals surface area contributed by atoms with Crippen molar-refractivity contribution < 1.29 is 5.11 Å². The number of nitrogens with zero attached hydrogens (tertiary/aromatic N) is 2. The number of pyridine rings is 1. The van der Waals surface area contributed by atoms with E-state index in [1.54, 1.807) is 18.0 Å². The third-order valence-corrected chi connectivity index (χ3v) is 4.69. The molecule has 2 N–H and O–H groups in total. The number of aliphatic hydroxyl groups is 1. The van der Waals surface area contributed by atoms with E-state index in [9.17, 15) is 5.11 Å². The molecule has 18 heavy (non-hydrogen) atoms. The molecule has 0 aromatic carbocycles. The first-order chi connectivity index (χ1) is 8.72. The van der Waals surface area contributed by atoms with Gasteiger partial charge in [0, 0.05) is 11.4 Å². The molecule has 2 atom stereocenters. The van der Waals surface area contributed by atoms with E-state index in [1.807, 2.05) is 6.07 Å². The Labute approximate surface area is 114 Å². The molecule has 2 aromatic rings. The Hall–Kier alpha value is -0.780. The lowest BCUT2D eigenvalue weighted by Gasteiger charge is -2.25. The predicted octanol–water partition coefficient (Wildman–Crippen LogP) is 3.01. The number of hydrogen-bond acceptors (Lipinski definition) is 4. The van der Waals surface area contributed by atoms with Crippen molar-refractivity contribution in [2.75, 3.05) is 0 Å². The Bertz CT molecular complexity index is 559. The molecule has 1 saturated carbocycles. The molecule has 2 aromatic heterocycles. The number of imidazole rings is 1. The number of halogens is 1. The second kappa shape index (κ2) is 5.07. The Morgan fingerprint density at radius 1 is 1.39 bits per heavy atom. The summed E-state index contributed by atoms with van der Waals surface area (Å²) in [6.07, 6.45) is 5.59. The number of rotatable bonds is 2. The van der Waals surface area contributed by atoms with Gasteiger partial charge in [-0.15, -0.1) is 0 Å². The Balaban J connectivity index is 1.81. The SMILES string of the molecule is OC1CCCCC1Sc1nc2ncc(Cl)cc2[nH]1. The largest absolute Gasteiger partial charge is 0.392 e. The number of fused-ring (bicyclic) bond motifs is 1. The highest BCUT2D eigenvalue weighted by Crippen LogP contribution is 2.33. The van der Waals surface area contributed by atoms with Crippen LogP contribution in [0.4, 0.5) is 0 Å². The average Bonchev–Trinajstić information content (AvgIpc) is 2.73. The van der Waals surface area contributed by atoms with Crippen LogP contribution in [0.5, 0.6) is 0 Å². The van der Waals surface area contributed by atoms with Gasteiger partial charge in [-0.3, -0.25) is 0 Å². The molecule has 0 spiro atoms. The van der Waals surface area contributed by atoms with Crippen LogP contribution in [0.25, 0.3) is 11.2 Å². The summed E-state index contributed by atoms with van der Waals surface area (Å²) in [6, 6.07) is 1.82. The van der Waals surface area contributed by atoms with E-state index in [0.29, 0.717) is 10.7 Å². The minimum atomic E-state index is -0.228. The number of aromatic nitrogens is 3. The molecule has 6 heteroatoms. The van der Waals surface area contributed by atoms with Gasteiger partial charge in [0.15, 0.2) is 10.8 Å². The van der Waals surface area contributed by atoms with Crippen molar-refractivity contribution in [3.8, 4) is 0 Å². The van der Waals surface area contributed by atoms with Crippen LogP contribution >= 0.6 is 23.4 Å². The molecule has 0 radical (unpaired) electrons. The summed E-state index contributed by atoms with van der Waals surface area (Å²) in [5.74, 6) is 0. The van der Waals surface area contributed by atoms with Crippen LogP contribution in [0.2, 0.25) is 5.02 Å². The first-order valence-electron chi connectivity index (χ1n) is 6.08. The highest BCUT2D eigenvalue weighted by atomic mass is 35.5. The second-order valence-corrected chi connectivity index (χ2v) is 6.24. The van der Waals surface area contributed by atoms with E-state index in [1.165, 1.54) is 6.42 Å². The summed E-state index contributed by atoms with van der Waals surface area (Å²) in [5.41, 5.74) is 1.52. The van der Waals surface area contributed by atoms with Gasteiger partial charge in [-0.25, -0.2) is 9.97 Å². The summed E-state index contributed by atoms with van der Waals surface area (Å²) in [6.45, 7) is 0. The average molecular weight is 284 g/mol. The van der Waals surface area contributed by atoms with Gasteiger partial charge in [0.25, 0.3) is 0 Å². The molecule has 1 aliphatic rings. The van der Waals surface area contributed by atoms with Crippen LogP contribution in [0.3, 0.4) is 0 Å². The number of aromatic amines is 1. The van der Waals surface area contributed by atoms with Crippen molar-refractivity contribution in [2.24, 2.45) is 0 Å². The molecule has 1 aliphatic carbocycles. The third kappa shape index (κ3) is 2.48. The zero-order valence-electron chi connectivity index (χ0n) is 9.77. The first kappa shape index (κ1) is 12.3. The van der Waals surface area contributed by atoms with E-state index in [4.69, 9.17) is 11.6 Å². The minimum absolute atomic E-state index is 0.228. The minimum Gasteiger partial charge on any atom is -0.392 e. The molecule has 2 unspecified atom stereocenters. The number of aliphatic hydroxyl groups excluding tert-OH is 1. The highest BCUT2D eigenvalue weighted by molar-refractivity contribution is 7.99. The number of thioether (sulfide) groups is 1. The maximum Gasteiger partial charge on any atom is 0.178 e. The van der Waals surface area contributed by atoms with Gasteiger partial charge in [0.2, 0.25) is 0 Å². The van der Waals surface area contributed by atoms with Gasteiger partial charge in [-0.05, 0) is 18.9 Å². The molecule has 0 bridgehead atoms. The van der Waals surface area contributed by atoms with Crippen molar-refractivity contribution in [3.63, 3.8) is 0 Å². The van der Waals surface area contributed by atoms with Gasteiger partial charge in [-0.2, -0.15) is 0 Å². The summed E-state index contributed by atoms with van der Waals surface area (Å²) in [7, 11) is 0. The van der Waals surface area contributed by atoms with Crippen LogP contribution in [0, 0.1) is 0 Å². The smallest absolute Gasteiger partial charge is 0.178 e. The molecule has 1 fully saturated rings. The van der Waals surface area contributed by atoms with Crippen molar-refractivity contribution in [1.82, 2.24) is 15.0 Å². The fraction of sp³-hybridized carbons (Fsp3) is 0.500. The number of hydrogen-bond donors (Lipinski definition) is 2. The van der Waals surface area contributed by atoms with Crippen LogP contribution < -0.4 is 0 Å². The van der Waals surface area contributed by atoms with Crippen LogP contribution in [0.15, 0.2) is 17.4 Å². The molecule has 0 saturated heterocycles. The van der Waals surface area contributed by atoms with Gasteiger partial charge in [-0.1, -0.05) is 36.2 Å². The monoisotopic (exact) mass is 283 g/mol. The van der Waals surface area contributed by atoms with Crippen molar-refractivity contribution in [2.45, 2.75) is 42.2 Å². The maximum atomic E-state index is 9.95. The third-order valence-electron chi connectivity index (χ3n) is 3.21. The standard InChI is InChI=1S/C12H14ClN3OS/c13-7-5-8-11(14-6-7)16-12(15-8)18-10-4-2-1-3-9(10)17/h5-6,9-10,17H,1-4H2,(H,14,15,16). The first-order valence-corrected chi connectivity index (χ1v) is 7.34. The normalized spacial score (nSPS) is 24.6. The molecule has 3 rings (SSSR count). The fourth-order valence-electron chi connectivity index (χ4n) is 2.27. The predicted molar refractivity (Wildman–Crippen MR) is 73.0 cm³/mol. The van der Waals surface area contributed by atoms with Gasteiger partial charge < -0.3 is 10.1 Å². The fourth-order valence-corrected chi connectivity index (χ4v) is 3.60. The molecule has 0 amide bonds. The Morgan fingerprint density at radius 3 is 3.06 bits per heavy atom. The van der Waals surface area contributed by atoms with E-state index in [-0.39, 0.29) is 11.4 Å². The summed E-state index contributed by atoms with van der Waals surface area (Å²) < 4.78 is 0. The quantitative estimate of drug-likeness (QED) is 0.889. The van der Waals surface area contributed by atoms with Gasteiger partial charge in [0.05, 0.1) is 16.6 Å². The molecular formula is C12H14ClN3OS. The topological polar surface area (TPSA) is 61.8 Å². The zero-order chi connectivity index (χ0) is 12.5. The summed E-state index contributed by atoms with van der Waals surface area (Å²) in [4.78, 5) is 11.8. The molecule has 0 aliphatic heterocycles. The lowest BCUT2D eigenvalue weighted by atomic mass is 9.97. The van der Waals surface area contributed by atoms with Gasteiger partial charge in [0.1, 0.15) is 0 Å². The zero-order valence-corrected chi connectivity index (χ0v) is 11.3. The van der Waals surface area contributed by atoms with Crippen molar-refractivity contribution in [3.05, 3.63) is 17.3 Å². The molecule has 96 valence electrons. The van der Waals surface area contributed by atoms with Crippen molar-refractivity contribution in [1.29, 1.82) is 0 Å². The second-order valence-electron chi connectivity index (χ2n) is 4.57. The molecular weight excluding hydrogens is 270 g/mol. The van der Waals surface area contributed by atoms with E-state index < -0.39 is 0 Å². The van der Waals surface area contributed by atoms with Crippen LogP contribution in [-0.2, 0) is 0 Å². The molecule has 4 nitrogen and oxygen atoms in total. The van der Waals surface area contributed by atoms with E-state index in [0.717, 1.165) is 29.9 Å². The lowest BCUT2D eigenvalue weighted by Crippen LogP contribution is -2.26. The Morgan fingerprint density at radius 2 is 2.22 bits per heavy atom. The molecule has 2 heterocycles. The van der Waals surface area contributed by atoms with Crippen LogP contribution in [0.1, 0.15) is 25.7 Å². The summed E-state index contributed by atoms with van der Waals surface area (Å²) in [5, 5.41) is 11.6. The number of nitrogens with one attached hydrogen (secondary N) is 1.